The topological polar surface area (TPSA) is 55.4 Å². The third-order valence-corrected chi connectivity index (χ3v) is 0.515. The summed E-state index contributed by atoms with van der Waals surface area (Å²) in [5.41, 5.74) is 0. The largest absolute Gasteiger partial charge is 0.453 e. The summed E-state index contributed by atoms with van der Waals surface area (Å²) in [5, 5.41) is 2.15. The molecule has 0 spiro atoms. The maximum absolute atomic E-state index is 10.1. The molecule has 0 rings (SSSR count). The third-order valence-electron chi connectivity index (χ3n) is 0.515. The van der Waals surface area contributed by atoms with Crippen LogP contribution in [0.4, 0.5) is 4.79 Å². The van der Waals surface area contributed by atoms with E-state index in [0.29, 0.717) is 6.29 Å². The second-order valence-electron chi connectivity index (χ2n) is 1.75. The standard InChI is InChI=1S/C4H7NO3.C3H8/c1-8-4(7)5-2-3-6;1-3-2/h3H,2H2,1H3,(H,5,7);3H2,1-2H3. The van der Waals surface area contributed by atoms with Gasteiger partial charge in [0.05, 0.1) is 13.7 Å². The fourth-order valence-electron chi connectivity index (χ4n) is 0.197. The number of alkyl carbamates (subject to hydrolysis) is 1. The Hall–Kier alpha value is -1.06. The average molecular weight is 161 g/mol. The van der Waals surface area contributed by atoms with Crippen molar-refractivity contribution < 1.29 is 14.3 Å². The Morgan fingerprint density at radius 1 is 1.55 bits per heavy atom. The summed E-state index contributed by atoms with van der Waals surface area (Å²) in [6, 6.07) is 0. The smallest absolute Gasteiger partial charge is 0.407 e. The van der Waals surface area contributed by atoms with Gasteiger partial charge in [0.1, 0.15) is 6.29 Å². The molecule has 66 valence electrons. The van der Waals surface area contributed by atoms with E-state index in [4.69, 9.17) is 0 Å². The summed E-state index contributed by atoms with van der Waals surface area (Å²) >= 11 is 0. The van der Waals surface area contributed by atoms with Crippen LogP contribution >= 0.6 is 0 Å². The number of rotatable bonds is 2. The van der Waals surface area contributed by atoms with E-state index in [1.165, 1.54) is 13.5 Å². The van der Waals surface area contributed by atoms with Gasteiger partial charge >= 0.3 is 6.09 Å². The lowest BCUT2D eigenvalue weighted by atomic mass is 10.6. The first-order chi connectivity index (χ1) is 5.22. The van der Waals surface area contributed by atoms with Gasteiger partial charge in [-0.25, -0.2) is 4.79 Å². The molecule has 0 saturated carbocycles. The zero-order valence-electron chi connectivity index (χ0n) is 7.22. The van der Waals surface area contributed by atoms with Crippen LogP contribution in [0.15, 0.2) is 0 Å². The Labute approximate surface area is 66.9 Å². The maximum atomic E-state index is 10.1. The van der Waals surface area contributed by atoms with Crippen LogP contribution < -0.4 is 5.32 Å². The molecule has 4 heteroatoms. The van der Waals surface area contributed by atoms with Crippen LogP contribution in [-0.2, 0) is 9.53 Å². The molecule has 1 amide bonds. The van der Waals surface area contributed by atoms with Crippen LogP contribution in [0.2, 0.25) is 0 Å². The van der Waals surface area contributed by atoms with Crippen LogP contribution in [0.25, 0.3) is 0 Å². The highest BCUT2D eigenvalue weighted by atomic mass is 16.5. The van der Waals surface area contributed by atoms with E-state index in [0.717, 1.165) is 0 Å². The van der Waals surface area contributed by atoms with Crippen LogP contribution in [0.1, 0.15) is 20.3 Å². The lowest BCUT2D eigenvalue weighted by Gasteiger charge is -1.94. The van der Waals surface area contributed by atoms with Crippen molar-refractivity contribution in [2.45, 2.75) is 20.3 Å². The molecular weight excluding hydrogens is 146 g/mol. The Kier molecular flexibility index (Phi) is 13.4. The molecular formula is C7H15NO3. The van der Waals surface area contributed by atoms with Gasteiger partial charge in [0, 0.05) is 0 Å². The molecule has 0 fully saturated rings. The molecule has 0 saturated heterocycles. The monoisotopic (exact) mass is 161 g/mol. The van der Waals surface area contributed by atoms with Gasteiger partial charge < -0.3 is 14.8 Å². The molecule has 0 aliphatic rings. The normalized spacial score (nSPS) is 7.18. The van der Waals surface area contributed by atoms with E-state index in [1.807, 2.05) is 0 Å². The minimum Gasteiger partial charge on any atom is -0.453 e. The van der Waals surface area contributed by atoms with E-state index in [2.05, 4.69) is 23.9 Å². The minimum absolute atomic E-state index is 0.00662. The van der Waals surface area contributed by atoms with Crippen LogP contribution in [0.3, 0.4) is 0 Å². The van der Waals surface area contributed by atoms with Crippen molar-refractivity contribution in [2.75, 3.05) is 13.7 Å². The number of carbonyl (C=O) groups is 2. The number of nitrogens with one attached hydrogen (secondary N) is 1. The van der Waals surface area contributed by atoms with Crippen molar-refractivity contribution in [3.8, 4) is 0 Å². The van der Waals surface area contributed by atoms with Crippen molar-refractivity contribution in [3.05, 3.63) is 0 Å². The molecule has 0 aliphatic carbocycles. The molecule has 0 aromatic carbocycles. The van der Waals surface area contributed by atoms with Gasteiger partial charge in [-0.05, 0) is 0 Å². The van der Waals surface area contributed by atoms with Gasteiger partial charge in [-0.1, -0.05) is 20.3 Å². The Morgan fingerprint density at radius 2 is 2.00 bits per heavy atom. The highest BCUT2D eigenvalue weighted by Gasteiger charge is 1.92. The summed E-state index contributed by atoms with van der Waals surface area (Å²) in [7, 11) is 1.24. The van der Waals surface area contributed by atoms with E-state index in [1.54, 1.807) is 0 Å². The third kappa shape index (κ3) is 17.6. The number of ether oxygens (including phenoxy) is 1. The second kappa shape index (κ2) is 11.7. The first-order valence-corrected chi connectivity index (χ1v) is 3.48. The molecule has 0 heterocycles. The number of aldehydes is 1. The molecule has 1 N–H and O–H groups in total. The fraction of sp³-hybridized carbons (Fsp3) is 0.714. The van der Waals surface area contributed by atoms with Gasteiger partial charge in [-0.2, -0.15) is 0 Å². The molecule has 0 aromatic rings. The minimum atomic E-state index is -0.586. The lowest BCUT2D eigenvalue weighted by molar-refractivity contribution is -0.107. The number of amides is 1. The first kappa shape index (κ1) is 12.6. The molecule has 0 bridgehead atoms. The van der Waals surface area contributed by atoms with Gasteiger partial charge in [-0.15, -0.1) is 0 Å². The number of carbonyl (C=O) groups excluding carboxylic acids is 2. The number of hydrogen-bond acceptors (Lipinski definition) is 3. The van der Waals surface area contributed by atoms with Crippen molar-refractivity contribution in [2.24, 2.45) is 0 Å². The van der Waals surface area contributed by atoms with Crippen molar-refractivity contribution in [3.63, 3.8) is 0 Å². The lowest BCUT2D eigenvalue weighted by Crippen LogP contribution is -2.24. The summed E-state index contributed by atoms with van der Waals surface area (Å²) in [4.78, 5) is 19.6. The maximum Gasteiger partial charge on any atom is 0.407 e. The first-order valence-electron chi connectivity index (χ1n) is 3.48. The predicted octanol–water partition coefficient (Wildman–Crippen LogP) is 0.958. The number of methoxy groups -OCH3 is 1. The second-order valence-corrected chi connectivity index (χ2v) is 1.75. The van der Waals surface area contributed by atoms with Gasteiger partial charge in [0.25, 0.3) is 0 Å². The summed E-state index contributed by atoms with van der Waals surface area (Å²) in [5.74, 6) is 0. The molecule has 0 aliphatic heterocycles. The highest BCUT2D eigenvalue weighted by Crippen LogP contribution is 1.65. The van der Waals surface area contributed by atoms with Crippen molar-refractivity contribution in [1.82, 2.24) is 5.32 Å². The molecule has 11 heavy (non-hydrogen) atoms. The van der Waals surface area contributed by atoms with Crippen molar-refractivity contribution >= 4 is 12.4 Å². The van der Waals surface area contributed by atoms with E-state index < -0.39 is 6.09 Å². The average Bonchev–Trinajstić information content (AvgIpc) is 2.02. The SMILES string of the molecule is CCC.COC(=O)NCC=O. The van der Waals surface area contributed by atoms with E-state index >= 15 is 0 Å². The quantitative estimate of drug-likeness (QED) is 0.613. The fourth-order valence-corrected chi connectivity index (χ4v) is 0.197. The van der Waals surface area contributed by atoms with E-state index in [-0.39, 0.29) is 6.54 Å². The van der Waals surface area contributed by atoms with E-state index in [9.17, 15) is 9.59 Å². The summed E-state index contributed by atoms with van der Waals surface area (Å²) in [6.45, 7) is 4.26. The van der Waals surface area contributed by atoms with Gasteiger partial charge in [-0.3, -0.25) is 0 Å². The van der Waals surface area contributed by atoms with Gasteiger partial charge in [0.2, 0.25) is 0 Å². The molecule has 0 radical (unpaired) electrons. The Bertz CT molecular complexity index is 104. The number of hydrogen-bond donors (Lipinski definition) is 1. The van der Waals surface area contributed by atoms with Gasteiger partial charge in [0.15, 0.2) is 0 Å². The zero-order chi connectivity index (χ0) is 9.11. The summed E-state index contributed by atoms with van der Waals surface area (Å²) in [6.07, 6.45) is 1.24. The molecule has 0 atom stereocenters. The predicted molar refractivity (Wildman–Crippen MR) is 42.4 cm³/mol. The van der Waals surface area contributed by atoms with Crippen LogP contribution in [0.5, 0.6) is 0 Å². The molecule has 0 unspecified atom stereocenters. The highest BCUT2D eigenvalue weighted by molar-refractivity contribution is 5.70. The van der Waals surface area contributed by atoms with Crippen LogP contribution in [0, 0.1) is 0 Å². The summed E-state index contributed by atoms with van der Waals surface area (Å²) < 4.78 is 4.14. The Balaban J connectivity index is 0. The molecule has 4 nitrogen and oxygen atoms in total. The van der Waals surface area contributed by atoms with Crippen molar-refractivity contribution in [1.29, 1.82) is 0 Å². The zero-order valence-corrected chi connectivity index (χ0v) is 7.22. The Morgan fingerprint density at radius 3 is 2.27 bits per heavy atom. The molecule has 0 aromatic heterocycles. The van der Waals surface area contributed by atoms with Crippen LogP contribution in [-0.4, -0.2) is 26.0 Å².